The summed E-state index contributed by atoms with van der Waals surface area (Å²) in [6.07, 6.45) is 4.18. The van der Waals surface area contributed by atoms with E-state index in [4.69, 9.17) is 0 Å². The van der Waals surface area contributed by atoms with Gasteiger partial charge in [-0.1, -0.05) is 0 Å². The molecule has 3 nitrogen and oxygen atoms in total. The number of rotatable bonds is 5. The predicted molar refractivity (Wildman–Crippen MR) is 82.6 cm³/mol. The van der Waals surface area contributed by atoms with Crippen LogP contribution in [0.25, 0.3) is 0 Å². The van der Waals surface area contributed by atoms with Crippen molar-refractivity contribution in [2.75, 3.05) is 39.3 Å². The molecule has 0 aromatic heterocycles. The second kappa shape index (κ2) is 6.55. The van der Waals surface area contributed by atoms with E-state index in [0.717, 1.165) is 12.0 Å². The predicted octanol–water partition coefficient (Wildman–Crippen LogP) is 2.18. The quantitative estimate of drug-likeness (QED) is 0.824. The SMILES string of the molecule is CC(CN1CCCC1)N1CCC(CNC(C)(C)C)C1. The summed E-state index contributed by atoms with van der Waals surface area (Å²) < 4.78 is 0. The van der Waals surface area contributed by atoms with Crippen LogP contribution < -0.4 is 5.32 Å². The molecule has 2 aliphatic rings. The molecular weight excluding hydrogens is 234 g/mol. The fourth-order valence-corrected chi connectivity index (χ4v) is 3.33. The van der Waals surface area contributed by atoms with Gasteiger partial charge in [0.2, 0.25) is 0 Å². The smallest absolute Gasteiger partial charge is 0.0195 e. The van der Waals surface area contributed by atoms with Gasteiger partial charge in [0, 0.05) is 24.7 Å². The molecule has 2 saturated heterocycles. The van der Waals surface area contributed by atoms with Crippen LogP contribution in [-0.4, -0.2) is 60.6 Å². The summed E-state index contributed by atoms with van der Waals surface area (Å²) in [7, 11) is 0. The first-order valence-corrected chi connectivity index (χ1v) is 8.15. The largest absolute Gasteiger partial charge is 0.312 e. The van der Waals surface area contributed by atoms with E-state index in [1.54, 1.807) is 0 Å². The van der Waals surface area contributed by atoms with Gasteiger partial charge >= 0.3 is 0 Å². The Hall–Kier alpha value is -0.120. The molecule has 2 heterocycles. The Bertz CT molecular complexity index is 266. The molecule has 0 amide bonds. The Morgan fingerprint density at radius 3 is 2.47 bits per heavy atom. The summed E-state index contributed by atoms with van der Waals surface area (Å²) in [5, 5.41) is 3.66. The van der Waals surface area contributed by atoms with Crippen LogP contribution in [0.5, 0.6) is 0 Å². The molecule has 2 atom stereocenters. The van der Waals surface area contributed by atoms with Crippen LogP contribution in [-0.2, 0) is 0 Å². The van der Waals surface area contributed by atoms with E-state index in [9.17, 15) is 0 Å². The lowest BCUT2D eigenvalue weighted by Gasteiger charge is -2.29. The number of hydrogen-bond donors (Lipinski definition) is 1. The highest BCUT2D eigenvalue weighted by Crippen LogP contribution is 2.20. The maximum atomic E-state index is 3.66. The molecule has 0 spiro atoms. The van der Waals surface area contributed by atoms with Crippen LogP contribution in [0.1, 0.15) is 47.0 Å². The van der Waals surface area contributed by atoms with Gasteiger partial charge in [-0.2, -0.15) is 0 Å². The second-order valence-corrected chi connectivity index (χ2v) is 7.64. The third kappa shape index (κ3) is 5.05. The Balaban J connectivity index is 1.68. The first-order chi connectivity index (χ1) is 8.94. The Morgan fingerprint density at radius 1 is 1.16 bits per heavy atom. The average molecular weight is 267 g/mol. The Labute approximate surface area is 119 Å². The van der Waals surface area contributed by atoms with Crippen LogP contribution in [0, 0.1) is 5.92 Å². The van der Waals surface area contributed by atoms with E-state index in [0.29, 0.717) is 0 Å². The maximum absolute atomic E-state index is 3.66. The van der Waals surface area contributed by atoms with Crippen LogP contribution in [0.15, 0.2) is 0 Å². The second-order valence-electron chi connectivity index (χ2n) is 7.64. The summed E-state index contributed by atoms with van der Waals surface area (Å²) in [5.74, 6) is 0.847. The van der Waals surface area contributed by atoms with Crippen molar-refractivity contribution in [3.8, 4) is 0 Å². The first kappa shape index (κ1) is 15.3. The molecule has 2 unspecified atom stereocenters. The van der Waals surface area contributed by atoms with Crippen molar-refractivity contribution >= 4 is 0 Å². The molecule has 0 bridgehead atoms. The standard InChI is InChI=1S/C16H33N3/c1-14(12-18-8-5-6-9-18)19-10-7-15(13-19)11-17-16(2,3)4/h14-15,17H,5-13H2,1-4H3. The van der Waals surface area contributed by atoms with Crippen LogP contribution >= 0.6 is 0 Å². The molecule has 2 fully saturated rings. The molecule has 2 aliphatic heterocycles. The van der Waals surface area contributed by atoms with Crippen LogP contribution in [0.4, 0.5) is 0 Å². The topological polar surface area (TPSA) is 18.5 Å². The van der Waals surface area contributed by atoms with Crippen molar-refractivity contribution in [2.45, 2.75) is 58.5 Å². The Kier molecular flexibility index (Phi) is 5.27. The lowest BCUT2D eigenvalue weighted by Crippen LogP contribution is -2.42. The maximum Gasteiger partial charge on any atom is 0.0195 e. The minimum absolute atomic E-state index is 0.259. The van der Waals surface area contributed by atoms with Gasteiger partial charge in [0.15, 0.2) is 0 Å². The first-order valence-electron chi connectivity index (χ1n) is 8.15. The van der Waals surface area contributed by atoms with Crippen molar-refractivity contribution in [3.05, 3.63) is 0 Å². The highest BCUT2D eigenvalue weighted by Gasteiger charge is 2.28. The molecule has 0 aromatic carbocycles. The zero-order valence-corrected chi connectivity index (χ0v) is 13.4. The van der Waals surface area contributed by atoms with Gasteiger partial charge in [-0.3, -0.25) is 4.90 Å². The molecule has 0 aliphatic carbocycles. The van der Waals surface area contributed by atoms with Crippen LogP contribution in [0.3, 0.4) is 0 Å². The van der Waals surface area contributed by atoms with Gasteiger partial charge in [0.25, 0.3) is 0 Å². The lowest BCUT2D eigenvalue weighted by molar-refractivity contribution is 0.185. The van der Waals surface area contributed by atoms with Crippen molar-refractivity contribution in [3.63, 3.8) is 0 Å². The molecule has 0 saturated carbocycles. The molecule has 3 heteroatoms. The van der Waals surface area contributed by atoms with Crippen molar-refractivity contribution in [1.82, 2.24) is 15.1 Å². The van der Waals surface area contributed by atoms with E-state index in [1.165, 1.54) is 58.5 Å². The highest BCUT2D eigenvalue weighted by atomic mass is 15.2. The minimum atomic E-state index is 0.259. The van der Waals surface area contributed by atoms with Crippen molar-refractivity contribution in [1.29, 1.82) is 0 Å². The molecular formula is C16H33N3. The molecule has 2 rings (SSSR count). The van der Waals surface area contributed by atoms with Crippen LogP contribution in [0.2, 0.25) is 0 Å². The molecule has 0 radical (unpaired) electrons. The zero-order valence-electron chi connectivity index (χ0n) is 13.4. The van der Waals surface area contributed by atoms with Gasteiger partial charge in [0.1, 0.15) is 0 Å². The monoisotopic (exact) mass is 267 g/mol. The van der Waals surface area contributed by atoms with Gasteiger partial charge < -0.3 is 10.2 Å². The molecule has 112 valence electrons. The van der Waals surface area contributed by atoms with Gasteiger partial charge in [0.05, 0.1) is 0 Å². The molecule has 1 N–H and O–H groups in total. The third-order valence-corrected chi connectivity index (χ3v) is 4.58. The summed E-state index contributed by atoms with van der Waals surface area (Å²) in [6.45, 7) is 16.9. The number of hydrogen-bond acceptors (Lipinski definition) is 3. The van der Waals surface area contributed by atoms with E-state index in [1.807, 2.05) is 0 Å². The van der Waals surface area contributed by atoms with E-state index in [2.05, 4.69) is 42.8 Å². The van der Waals surface area contributed by atoms with Gasteiger partial charge in [-0.25, -0.2) is 0 Å². The van der Waals surface area contributed by atoms with Gasteiger partial charge in [-0.15, -0.1) is 0 Å². The van der Waals surface area contributed by atoms with Crippen molar-refractivity contribution < 1.29 is 0 Å². The van der Waals surface area contributed by atoms with E-state index < -0.39 is 0 Å². The summed E-state index contributed by atoms with van der Waals surface area (Å²) in [6, 6.07) is 0.734. The fraction of sp³-hybridized carbons (Fsp3) is 1.00. The fourth-order valence-electron chi connectivity index (χ4n) is 3.33. The van der Waals surface area contributed by atoms with E-state index >= 15 is 0 Å². The summed E-state index contributed by atoms with van der Waals surface area (Å²) >= 11 is 0. The summed E-state index contributed by atoms with van der Waals surface area (Å²) in [4.78, 5) is 5.35. The number of nitrogens with one attached hydrogen (secondary N) is 1. The van der Waals surface area contributed by atoms with E-state index in [-0.39, 0.29) is 5.54 Å². The average Bonchev–Trinajstić information content (AvgIpc) is 2.95. The van der Waals surface area contributed by atoms with Gasteiger partial charge in [-0.05, 0) is 79.1 Å². The number of nitrogens with zero attached hydrogens (tertiary/aromatic N) is 2. The highest BCUT2D eigenvalue weighted by molar-refractivity contribution is 4.84. The Morgan fingerprint density at radius 2 is 1.84 bits per heavy atom. The third-order valence-electron chi connectivity index (χ3n) is 4.58. The minimum Gasteiger partial charge on any atom is -0.312 e. The molecule has 0 aromatic rings. The molecule has 19 heavy (non-hydrogen) atoms. The van der Waals surface area contributed by atoms with Crippen molar-refractivity contribution in [2.24, 2.45) is 5.92 Å². The normalized spacial score (nSPS) is 28.1. The zero-order chi connectivity index (χ0) is 13.9. The number of likely N-dealkylation sites (tertiary alicyclic amines) is 2. The lowest BCUT2D eigenvalue weighted by atomic mass is 10.1. The summed E-state index contributed by atoms with van der Waals surface area (Å²) in [5.41, 5.74) is 0.259.